The van der Waals surface area contributed by atoms with E-state index in [9.17, 15) is 9.59 Å². The van der Waals surface area contributed by atoms with Gasteiger partial charge in [0, 0.05) is 43.3 Å². The van der Waals surface area contributed by atoms with Crippen LogP contribution in [0.3, 0.4) is 0 Å². The van der Waals surface area contributed by atoms with Crippen LogP contribution in [0.5, 0.6) is 0 Å². The van der Waals surface area contributed by atoms with Crippen molar-refractivity contribution < 1.29 is 9.59 Å². The van der Waals surface area contributed by atoms with Crippen molar-refractivity contribution in [1.29, 1.82) is 0 Å². The first-order valence-electron chi connectivity index (χ1n) is 8.99. The molecule has 0 N–H and O–H groups in total. The summed E-state index contributed by atoms with van der Waals surface area (Å²) >= 11 is 3.48. The summed E-state index contributed by atoms with van der Waals surface area (Å²) in [5, 5.41) is 0. The Balaban J connectivity index is 1.58. The van der Waals surface area contributed by atoms with Crippen LogP contribution in [0.15, 0.2) is 22.7 Å². The summed E-state index contributed by atoms with van der Waals surface area (Å²) in [7, 11) is 1.86. The Morgan fingerprint density at radius 1 is 1.32 bits per heavy atom. The Morgan fingerprint density at radius 2 is 2.04 bits per heavy atom. The number of hydrogen-bond acceptors (Lipinski definition) is 3. The molecule has 0 spiro atoms. The van der Waals surface area contributed by atoms with E-state index in [-0.39, 0.29) is 17.7 Å². The fourth-order valence-corrected chi connectivity index (χ4v) is 3.89. The molecule has 2 aliphatic heterocycles. The van der Waals surface area contributed by atoms with Gasteiger partial charge in [0.2, 0.25) is 11.8 Å². The van der Waals surface area contributed by atoms with Gasteiger partial charge in [-0.1, -0.05) is 15.9 Å². The van der Waals surface area contributed by atoms with Gasteiger partial charge in [-0.2, -0.15) is 0 Å². The lowest BCUT2D eigenvalue weighted by atomic mass is 10.1. The topological polar surface area (TPSA) is 43.9 Å². The zero-order valence-corrected chi connectivity index (χ0v) is 16.6. The molecule has 25 heavy (non-hydrogen) atoms. The highest BCUT2D eigenvalue weighted by Gasteiger charge is 2.36. The van der Waals surface area contributed by atoms with Crippen LogP contribution < -0.4 is 4.90 Å². The standard InChI is InChI=1S/C19H26BrN3O2/c1-14-11-16(5-6-17(14)20)23-13-15(12-18(23)24)19(25)21(2)9-10-22-7-3-4-8-22/h5-6,11,15H,3-4,7-10,12-13H2,1-2H3. The van der Waals surface area contributed by atoms with Crippen molar-refractivity contribution in [2.24, 2.45) is 5.92 Å². The van der Waals surface area contributed by atoms with E-state index in [2.05, 4.69) is 20.8 Å². The predicted molar refractivity (Wildman–Crippen MR) is 103 cm³/mol. The number of likely N-dealkylation sites (tertiary alicyclic amines) is 1. The molecule has 0 saturated carbocycles. The van der Waals surface area contributed by atoms with E-state index in [1.807, 2.05) is 32.2 Å². The van der Waals surface area contributed by atoms with Gasteiger partial charge in [0.05, 0.1) is 5.92 Å². The van der Waals surface area contributed by atoms with E-state index in [4.69, 9.17) is 0 Å². The second-order valence-corrected chi connectivity index (χ2v) is 8.00. The average molecular weight is 408 g/mol. The zero-order valence-electron chi connectivity index (χ0n) is 15.0. The number of halogens is 1. The Morgan fingerprint density at radius 3 is 2.72 bits per heavy atom. The third kappa shape index (κ3) is 4.23. The fraction of sp³-hybridized carbons (Fsp3) is 0.579. The van der Waals surface area contributed by atoms with E-state index in [1.165, 1.54) is 12.8 Å². The molecule has 0 radical (unpaired) electrons. The lowest BCUT2D eigenvalue weighted by molar-refractivity contribution is -0.134. The van der Waals surface area contributed by atoms with Crippen LogP contribution in [0.4, 0.5) is 5.69 Å². The van der Waals surface area contributed by atoms with Crippen molar-refractivity contribution in [3.63, 3.8) is 0 Å². The molecule has 1 atom stereocenters. The van der Waals surface area contributed by atoms with Crippen LogP contribution in [0.2, 0.25) is 0 Å². The van der Waals surface area contributed by atoms with E-state index in [0.29, 0.717) is 13.0 Å². The Kier molecular flexibility index (Phi) is 5.79. The van der Waals surface area contributed by atoms with E-state index in [0.717, 1.165) is 41.9 Å². The highest BCUT2D eigenvalue weighted by atomic mass is 79.9. The van der Waals surface area contributed by atoms with Crippen molar-refractivity contribution in [1.82, 2.24) is 9.80 Å². The quantitative estimate of drug-likeness (QED) is 0.753. The summed E-state index contributed by atoms with van der Waals surface area (Å²) in [4.78, 5) is 31.1. The van der Waals surface area contributed by atoms with Crippen molar-refractivity contribution in [2.75, 3.05) is 44.7 Å². The van der Waals surface area contributed by atoms with Gasteiger partial charge in [0.1, 0.15) is 0 Å². The van der Waals surface area contributed by atoms with Crippen molar-refractivity contribution in [3.05, 3.63) is 28.2 Å². The first-order chi connectivity index (χ1) is 12.0. The minimum Gasteiger partial charge on any atom is -0.344 e. The molecule has 0 bridgehead atoms. The van der Waals surface area contributed by atoms with Gasteiger partial charge in [-0.25, -0.2) is 0 Å². The van der Waals surface area contributed by atoms with E-state index in [1.54, 1.807) is 9.80 Å². The van der Waals surface area contributed by atoms with Crippen LogP contribution in [0, 0.1) is 12.8 Å². The fourth-order valence-electron chi connectivity index (χ4n) is 3.64. The number of rotatable bonds is 5. The molecule has 1 aromatic carbocycles. The molecule has 0 aromatic heterocycles. The van der Waals surface area contributed by atoms with Gasteiger partial charge in [-0.3, -0.25) is 9.59 Å². The van der Waals surface area contributed by atoms with Crippen LogP contribution in [0.1, 0.15) is 24.8 Å². The summed E-state index contributed by atoms with van der Waals surface area (Å²) in [6, 6.07) is 5.88. The second kappa shape index (κ2) is 7.87. The molecule has 136 valence electrons. The molecule has 2 amide bonds. The first-order valence-corrected chi connectivity index (χ1v) is 9.79. The highest BCUT2D eigenvalue weighted by Crippen LogP contribution is 2.29. The molecule has 1 unspecified atom stereocenters. The predicted octanol–water partition coefficient (Wildman–Crippen LogP) is 2.66. The van der Waals surface area contributed by atoms with Crippen LogP contribution in [-0.2, 0) is 9.59 Å². The van der Waals surface area contributed by atoms with Crippen LogP contribution in [0.25, 0.3) is 0 Å². The summed E-state index contributed by atoms with van der Waals surface area (Å²) < 4.78 is 1.03. The molecule has 0 aliphatic carbocycles. The van der Waals surface area contributed by atoms with Crippen LogP contribution >= 0.6 is 15.9 Å². The molecule has 3 rings (SSSR count). The van der Waals surface area contributed by atoms with Crippen molar-refractivity contribution >= 4 is 33.4 Å². The molecule has 2 fully saturated rings. The van der Waals surface area contributed by atoms with Crippen molar-refractivity contribution in [3.8, 4) is 0 Å². The molecule has 2 aliphatic rings. The number of aryl methyl sites for hydroxylation is 1. The molecule has 6 heteroatoms. The Hall–Kier alpha value is -1.40. The number of amides is 2. The number of carbonyl (C=O) groups is 2. The number of benzene rings is 1. The molecule has 2 heterocycles. The van der Waals surface area contributed by atoms with Gasteiger partial charge in [-0.05, 0) is 56.6 Å². The number of anilines is 1. The number of nitrogens with zero attached hydrogens (tertiary/aromatic N) is 3. The monoisotopic (exact) mass is 407 g/mol. The zero-order chi connectivity index (χ0) is 18.0. The molecular formula is C19H26BrN3O2. The molecular weight excluding hydrogens is 382 g/mol. The maximum Gasteiger partial charge on any atom is 0.227 e. The number of hydrogen-bond donors (Lipinski definition) is 0. The van der Waals surface area contributed by atoms with Crippen molar-refractivity contribution in [2.45, 2.75) is 26.2 Å². The normalized spacial score (nSPS) is 21.2. The minimum absolute atomic E-state index is 0.0352. The van der Waals surface area contributed by atoms with E-state index >= 15 is 0 Å². The highest BCUT2D eigenvalue weighted by molar-refractivity contribution is 9.10. The summed E-state index contributed by atoms with van der Waals surface area (Å²) in [6.07, 6.45) is 2.83. The van der Waals surface area contributed by atoms with Crippen LogP contribution in [-0.4, -0.2) is 61.4 Å². The van der Waals surface area contributed by atoms with Gasteiger partial charge in [0.25, 0.3) is 0 Å². The maximum atomic E-state index is 12.7. The third-order valence-electron chi connectivity index (χ3n) is 5.25. The summed E-state index contributed by atoms with van der Waals surface area (Å²) in [5.41, 5.74) is 1.96. The summed E-state index contributed by atoms with van der Waals surface area (Å²) in [6.45, 7) is 6.43. The van der Waals surface area contributed by atoms with Gasteiger partial charge in [-0.15, -0.1) is 0 Å². The first kappa shape index (κ1) is 18.4. The largest absolute Gasteiger partial charge is 0.344 e. The van der Waals surface area contributed by atoms with Gasteiger partial charge < -0.3 is 14.7 Å². The maximum absolute atomic E-state index is 12.7. The third-order valence-corrected chi connectivity index (χ3v) is 6.14. The molecule has 1 aromatic rings. The van der Waals surface area contributed by atoms with Gasteiger partial charge in [0.15, 0.2) is 0 Å². The minimum atomic E-state index is -0.236. The van der Waals surface area contributed by atoms with Gasteiger partial charge >= 0.3 is 0 Å². The average Bonchev–Trinajstić information content (AvgIpc) is 3.24. The Bertz CT molecular complexity index is 658. The SMILES string of the molecule is Cc1cc(N2CC(C(=O)N(C)CCN3CCCC3)CC2=O)ccc1Br. The number of likely N-dealkylation sites (N-methyl/N-ethyl adjacent to an activating group) is 1. The molecule has 2 saturated heterocycles. The molecule has 5 nitrogen and oxygen atoms in total. The van der Waals surface area contributed by atoms with E-state index < -0.39 is 0 Å². The second-order valence-electron chi connectivity index (χ2n) is 7.15. The Labute approximate surface area is 158 Å². The summed E-state index contributed by atoms with van der Waals surface area (Å²) in [5.74, 6) is -0.114. The lowest BCUT2D eigenvalue weighted by Crippen LogP contribution is -2.39. The lowest BCUT2D eigenvalue weighted by Gasteiger charge is -2.24. The smallest absolute Gasteiger partial charge is 0.227 e. The number of carbonyl (C=O) groups excluding carboxylic acids is 2.